The van der Waals surface area contributed by atoms with E-state index in [2.05, 4.69) is 46.2 Å². The van der Waals surface area contributed by atoms with Crippen LogP contribution in [0.5, 0.6) is 0 Å². The number of hydrogen-bond acceptors (Lipinski definition) is 7. The first kappa shape index (κ1) is 14.6. The van der Waals surface area contributed by atoms with Gasteiger partial charge in [0.1, 0.15) is 10.7 Å². The van der Waals surface area contributed by atoms with E-state index in [1.165, 1.54) is 0 Å². The van der Waals surface area contributed by atoms with Crippen LogP contribution in [0.2, 0.25) is 0 Å². The lowest BCUT2D eigenvalue weighted by atomic mass is 10.1. The summed E-state index contributed by atoms with van der Waals surface area (Å²) in [5, 5.41) is 3.01. The van der Waals surface area contributed by atoms with Crippen LogP contribution in [0.15, 0.2) is 11.4 Å². The van der Waals surface area contributed by atoms with Gasteiger partial charge in [0.2, 0.25) is 0 Å². The Labute approximate surface area is 128 Å². The number of fused-ring (bicyclic) bond motifs is 1. The third-order valence-electron chi connectivity index (χ3n) is 4.18. The molecule has 21 heavy (non-hydrogen) atoms. The minimum atomic E-state index is 0.600. The normalized spacial score (nSPS) is 23.3. The smallest absolute Gasteiger partial charge is 0.152 e. The van der Waals surface area contributed by atoms with Crippen LogP contribution < -0.4 is 11.3 Å². The van der Waals surface area contributed by atoms with Crippen molar-refractivity contribution in [1.29, 1.82) is 0 Å². The summed E-state index contributed by atoms with van der Waals surface area (Å²) in [7, 11) is 4.30. The highest BCUT2D eigenvalue weighted by Gasteiger charge is 2.31. The molecule has 2 unspecified atom stereocenters. The van der Waals surface area contributed by atoms with Gasteiger partial charge in [0, 0.05) is 19.1 Å². The fraction of sp³-hybridized carbons (Fsp3) is 0.571. The van der Waals surface area contributed by atoms with Gasteiger partial charge in [-0.05, 0) is 31.5 Å². The molecule has 1 aliphatic rings. The lowest BCUT2D eigenvalue weighted by Gasteiger charge is -2.22. The van der Waals surface area contributed by atoms with Crippen molar-refractivity contribution < 1.29 is 0 Å². The summed E-state index contributed by atoms with van der Waals surface area (Å²) in [6, 6.07) is 2.60. The topological polar surface area (TPSA) is 70.3 Å². The number of likely N-dealkylation sites (N-methyl/N-ethyl adjacent to an activating group) is 1. The molecule has 1 aliphatic heterocycles. The van der Waals surface area contributed by atoms with Crippen LogP contribution in [-0.2, 0) is 6.54 Å². The summed E-state index contributed by atoms with van der Waals surface area (Å²) < 4.78 is 0. The van der Waals surface area contributed by atoms with Crippen molar-refractivity contribution in [2.24, 2.45) is 11.8 Å². The second kappa shape index (κ2) is 5.84. The number of hydrogen-bond donors (Lipinski definition) is 2. The molecule has 2 aromatic rings. The number of nitrogens with one attached hydrogen (secondary N) is 1. The number of thiophene rings is 1. The number of nitrogens with zero attached hydrogens (tertiary/aromatic N) is 4. The fourth-order valence-electron chi connectivity index (χ4n) is 3.13. The highest BCUT2D eigenvalue weighted by Crippen LogP contribution is 2.26. The van der Waals surface area contributed by atoms with Gasteiger partial charge < -0.3 is 10.3 Å². The van der Waals surface area contributed by atoms with Gasteiger partial charge in [-0.15, -0.1) is 11.3 Å². The molecule has 0 spiro atoms. The number of hydrazine groups is 1. The third kappa shape index (κ3) is 2.87. The molecule has 2 atom stereocenters. The molecule has 0 aliphatic carbocycles. The molecule has 1 saturated heterocycles. The highest BCUT2D eigenvalue weighted by molar-refractivity contribution is 7.16. The van der Waals surface area contributed by atoms with Crippen LogP contribution >= 0.6 is 11.3 Å². The maximum absolute atomic E-state index is 5.58. The van der Waals surface area contributed by atoms with Crippen molar-refractivity contribution in [2.45, 2.75) is 19.5 Å². The average molecular weight is 306 g/mol. The Morgan fingerprint density at radius 3 is 2.90 bits per heavy atom. The van der Waals surface area contributed by atoms with Crippen molar-refractivity contribution >= 4 is 27.4 Å². The molecule has 0 aromatic carbocycles. The van der Waals surface area contributed by atoms with E-state index in [0.717, 1.165) is 35.7 Å². The summed E-state index contributed by atoms with van der Waals surface area (Å²) in [5.41, 5.74) is 2.69. The minimum absolute atomic E-state index is 0.600. The SMILES string of the molecule is CC1CN(Cc2nc(NN)c3ccsc3n2)CC1N(C)C. The van der Waals surface area contributed by atoms with E-state index in [1.807, 2.05) is 11.4 Å². The van der Waals surface area contributed by atoms with Crippen molar-refractivity contribution in [1.82, 2.24) is 19.8 Å². The van der Waals surface area contributed by atoms with Gasteiger partial charge in [0.05, 0.1) is 11.9 Å². The molecular weight excluding hydrogens is 284 g/mol. The van der Waals surface area contributed by atoms with E-state index < -0.39 is 0 Å². The number of rotatable bonds is 4. The molecule has 3 N–H and O–H groups in total. The van der Waals surface area contributed by atoms with E-state index in [-0.39, 0.29) is 0 Å². The summed E-state index contributed by atoms with van der Waals surface area (Å²) in [6.45, 7) is 5.23. The number of aromatic nitrogens is 2. The zero-order chi connectivity index (χ0) is 15.0. The van der Waals surface area contributed by atoms with Crippen molar-refractivity contribution in [3.63, 3.8) is 0 Å². The predicted octanol–water partition coefficient (Wildman–Crippen LogP) is 1.36. The highest BCUT2D eigenvalue weighted by atomic mass is 32.1. The second-order valence-electron chi connectivity index (χ2n) is 5.97. The minimum Gasteiger partial charge on any atom is -0.308 e. The monoisotopic (exact) mass is 306 g/mol. The quantitative estimate of drug-likeness (QED) is 0.656. The molecule has 1 fully saturated rings. The van der Waals surface area contributed by atoms with Crippen LogP contribution in [0, 0.1) is 5.92 Å². The second-order valence-corrected chi connectivity index (χ2v) is 6.87. The Bertz CT molecular complexity index is 625. The van der Waals surface area contributed by atoms with Gasteiger partial charge in [-0.25, -0.2) is 15.8 Å². The molecule has 0 saturated carbocycles. The van der Waals surface area contributed by atoms with Crippen LogP contribution in [-0.4, -0.2) is 53.0 Å². The Morgan fingerprint density at radius 1 is 1.43 bits per heavy atom. The first-order valence-electron chi connectivity index (χ1n) is 7.18. The molecular formula is C14H22N6S. The van der Waals surface area contributed by atoms with Gasteiger partial charge in [-0.3, -0.25) is 4.90 Å². The van der Waals surface area contributed by atoms with Gasteiger partial charge in [0.25, 0.3) is 0 Å². The molecule has 6 nitrogen and oxygen atoms in total. The van der Waals surface area contributed by atoms with Crippen molar-refractivity contribution in [3.8, 4) is 0 Å². The van der Waals surface area contributed by atoms with E-state index in [1.54, 1.807) is 11.3 Å². The van der Waals surface area contributed by atoms with E-state index in [0.29, 0.717) is 17.8 Å². The summed E-state index contributed by atoms with van der Waals surface area (Å²) in [6.07, 6.45) is 0. The predicted molar refractivity (Wildman–Crippen MR) is 87.1 cm³/mol. The number of anilines is 1. The van der Waals surface area contributed by atoms with Crippen molar-refractivity contribution in [2.75, 3.05) is 32.6 Å². The molecule has 114 valence electrons. The average Bonchev–Trinajstić information content (AvgIpc) is 3.04. The zero-order valence-electron chi connectivity index (χ0n) is 12.7. The Balaban J connectivity index is 1.79. The molecule has 3 rings (SSSR count). The molecule has 7 heteroatoms. The lowest BCUT2D eigenvalue weighted by molar-refractivity contribution is 0.249. The molecule has 0 amide bonds. The van der Waals surface area contributed by atoms with Crippen molar-refractivity contribution in [3.05, 3.63) is 17.3 Å². The van der Waals surface area contributed by atoms with Crippen LogP contribution in [0.25, 0.3) is 10.2 Å². The first-order valence-corrected chi connectivity index (χ1v) is 8.06. The molecule has 0 bridgehead atoms. The van der Waals surface area contributed by atoms with Gasteiger partial charge in [-0.2, -0.15) is 0 Å². The number of nitrogen functional groups attached to an aromatic ring is 1. The Kier molecular flexibility index (Phi) is 4.08. The van der Waals surface area contributed by atoms with E-state index >= 15 is 0 Å². The van der Waals surface area contributed by atoms with Gasteiger partial charge >= 0.3 is 0 Å². The largest absolute Gasteiger partial charge is 0.308 e. The molecule has 2 aromatic heterocycles. The Morgan fingerprint density at radius 2 is 2.24 bits per heavy atom. The summed E-state index contributed by atoms with van der Waals surface area (Å²) >= 11 is 1.62. The van der Waals surface area contributed by atoms with E-state index in [4.69, 9.17) is 5.84 Å². The lowest BCUT2D eigenvalue weighted by Crippen LogP contribution is -2.34. The first-order chi connectivity index (χ1) is 10.1. The fourth-order valence-corrected chi connectivity index (χ4v) is 3.91. The molecule has 3 heterocycles. The van der Waals surface area contributed by atoms with Gasteiger partial charge in [0.15, 0.2) is 5.82 Å². The third-order valence-corrected chi connectivity index (χ3v) is 4.99. The maximum Gasteiger partial charge on any atom is 0.152 e. The standard InChI is InChI=1S/C14H22N6S/c1-9-6-20(7-11(9)19(2)3)8-12-16-13(18-15)10-4-5-21-14(10)17-12/h4-5,9,11H,6-8,15H2,1-3H3,(H,16,17,18). The van der Waals surface area contributed by atoms with Crippen LogP contribution in [0.3, 0.4) is 0 Å². The molecule has 0 radical (unpaired) electrons. The van der Waals surface area contributed by atoms with Crippen LogP contribution in [0.1, 0.15) is 12.7 Å². The summed E-state index contributed by atoms with van der Waals surface area (Å²) in [5.74, 6) is 7.80. The number of nitrogens with two attached hydrogens (primary N) is 1. The number of likely N-dealkylation sites (tertiary alicyclic amines) is 1. The van der Waals surface area contributed by atoms with E-state index in [9.17, 15) is 0 Å². The summed E-state index contributed by atoms with van der Waals surface area (Å²) in [4.78, 5) is 14.9. The Hall–Kier alpha value is -1.28. The zero-order valence-corrected chi connectivity index (χ0v) is 13.5. The van der Waals surface area contributed by atoms with Gasteiger partial charge in [-0.1, -0.05) is 6.92 Å². The maximum atomic E-state index is 5.58. The van der Waals surface area contributed by atoms with Crippen LogP contribution in [0.4, 0.5) is 5.82 Å².